The Morgan fingerprint density at radius 3 is 1.04 bits per heavy atom. The summed E-state index contributed by atoms with van der Waals surface area (Å²) in [5.41, 5.74) is 13.5. The van der Waals surface area contributed by atoms with E-state index in [0.29, 0.717) is 11.8 Å². The van der Waals surface area contributed by atoms with E-state index < -0.39 is 0 Å². The third-order valence-corrected chi connectivity index (χ3v) is 8.22. The number of hydrogen-bond donors (Lipinski definition) is 0. The van der Waals surface area contributed by atoms with Crippen molar-refractivity contribution in [3.63, 3.8) is 0 Å². The van der Waals surface area contributed by atoms with Gasteiger partial charge in [-0.2, -0.15) is 30.0 Å². The van der Waals surface area contributed by atoms with Gasteiger partial charge in [-0.05, 0) is 71.9 Å². The van der Waals surface area contributed by atoms with Crippen LogP contribution in [0.5, 0.6) is 0 Å². The van der Waals surface area contributed by atoms with E-state index in [4.69, 9.17) is 0 Å². The van der Waals surface area contributed by atoms with Gasteiger partial charge in [-0.1, -0.05) is 140 Å². The Labute approximate surface area is 334 Å². The van der Waals surface area contributed by atoms with Crippen LogP contribution in [0.4, 0.5) is 0 Å². The molecule has 0 aliphatic rings. The normalized spacial score (nSPS) is 11.2. The minimum Gasteiger partial charge on any atom is -0.214 e. The van der Waals surface area contributed by atoms with Crippen molar-refractivity contribution in [2.75, 3.05) is 0 Å². The molecule has 0 atom stereocenters. The summed E-state index contributed by atoms with van der Waals surface area (Å²) in [6.07, 6.45) is 0. The van der Waals surface area contributed by atoms with E-state index in [-0.39, 0.29) is 10.8 Å². The fourth-order valence-electron chi connectivity index (χ4n) is 6.41. The molecule has 0 bridgehead atoms. The number of hydrogen-bond acceptors (Lipinski definition) is 0. The van der Waals surface area contributed by atoms with E-state index in [9.17, 15) is 0 Å². The molecule has 0 spiro atoms. The summed E-state index contributed by atoms with van der Waals surface area (Å²) in [6, 6.07) is 36.1. The van der Waals surface area contributed by atoms with Gasteiger partial charge in [0.15, 0.2) is 0 Å². The van der Waals surface area contributed by atoms with Crippen LogP contribution in [0.15, 0.2) is 97.1 Å². The van der Waals surface area contributed by atoms with E-state index in [2.05, 4.69) is 182 Å². The molecule has 52 heavy (non-hydrogen) atoms. The second-order valence-corrected chi connectivity index (χ2v) is 17.1. The van der Waals surface area contributed by atoms with Gasteiger partial charge < -0.3 is 13.8 Å². The van der Waals surface area contributed by atoms with E-state index in [1.165, 1.54) is 101 Å². The Morgan fingerprint density at radius 1 is 0.519 bits per heavy atom. The van der Waals surface area contributed by atoms with Gasteiger partial charge >= 0.3 is 28.4 Å². The van der Waals surface area contributed by atoms with Gasteiger partial charge in [0, 0.05) is 0 Å². The Kier molecular flexibility index (Phi) is 17.1. The van der Waals surface area contributed by atoms with Crippen LogP contribution in [0.1, 0.15) is 103 Å². The SMILES string of the molecule is Cc1cc(C)cc(-c2cc3[cH-]c4cc(-c5cc(C)cc(C)c5)c(C(C)(C)C)cc4c3cc2C(C)(C)C)c1.[CH2-]C(C)C.[CH2-]C(C)C.[CH2]=[Zr].c1cc[cH-]c1. The molecule has 0 fully saturated rings. The molecule has 0 nitrogen and oxygen atoms in total. The van der Waals surface area contributed by atoms with Crippen molar-refractivity contribution in [3.8, 4) is 22.3 Å². The molecule has 0 aliphatic heterocycles. The predicted molar refractivity (Wildman–Crippen MR) is 234 cm³/mol. The van der Waals surface area contributed by atoms with E-state index in [1.54, 1.807) is 0 Å². The van der Waals surface area contributed by atoms with Gasteiger partial charge in [0.1, 0.15) is 0 Å². The number of benzene rings is 4. The van der Waals surface area contributed by atoms with Crippen molar-refractivity contribution >= 4 is 25.8 Å². The van der Waals surface area contributed by atoms with Crippen LogP contribution in [-0.4, -0.2) is 4.21 Å². The minimum absolute atomic E-state index is 0.0384. The van der Waals surface area contributed by atoms with Crippen molar-refractivity contribution in [2.24, 2.45) is 11.8 Å². The first-order chi connectivity index (χ1) is 24.2. The third kappa shape index (κ3) is 13.4. The maximum absolute atomic E-state index is 3.64. The van der Waals surface area contributed by atoms with Crippen molar-refractivity contribution < 1.29 is 24.2 Å². The first-order valence-corrected chi connectivity index (χ1v) is 20.5. The van der Waals surface area contributed by atoms with Crippen LogP contribution in [0.2, 0.25) is 0 Å². The maximum atomic E-state index is 3.64. The molecule has 0 saturated carbocycles. The van der Waals surface area contributed by atoms with E-state index >= 15 is 0 Å². The molecule has 0 radical (unpaired) electrons. The average Bonchev–Trinajstić information content (AvgIpc) is 3.70. The van der Waals surface area contributed by atoms with Crippen molar-refractivity contribution in [1.82, 2.24) is 0 Å². The monoisotopic (exact) mass is 768 g/mol. The first-order valence-electron chi connectivity index (χ1n) is 18.7. The van der Waals surface area contributed by atoms with Crippen LogP contribution in [0.3, 0.4) is 0 Å². The summed E-state index contributed by atoms with van der Waals surface area (Å²) in [5.74, 6) is 1.17. The summed E-state index contributed by atoms with van der Waals surface area (Å²) in [5, 5.41) is 5.39. The number of rotatable bonds is 2. The van der Waals surface area contributed by atoms with Crippen LogP contribution < -0.4 is 0 Å². The molecular formula is C51H66Zr-4. The molecule has 1 heteroatoms. The molecule has 0 aromatic heterocycles. The quantitative estimate of drug-likeness (QED) is 0.154. The maximum Gasteiger partial charge on any atom is -0.172 e. The summed E-state index contributed by atoms with van der Waals surface area (Å²) >= 11 is 1.30. The van der Waals surface area contributed by atoms with Gasteiger partial charge in [0.05, 0.1) is 0 Å². The Bertz CT molecular complexity index is 1790. The standard InChI is InChI=1S/C37H41.C5H5.2C4H9.CH2.Zr/c1-22-11-23(2)14-26(13-22)32-18-28-17-29-19-33(27-15-24(3)12-25(4)16-27)35(37(8,9)10)21-31(29)30(28)20-34(32)36(5,6)7;1-2-4-5-3-1;2*1-4(2)3;;/h11-21H,1-10H3;1-5H;2*4H,1H2,2-3H3;1H2;/q4*-1;;. The zero-order valence-corrected chi connectivity index (χ0v) is 37.5. The second kappa shape index (κ2) is 19.8. The molecular weight excluding hydrogens is 704 g/mol. The first kappa shape index (κ1) is 45.0. The fourth-order valence-corrected chi connectivity index (χ4v) is 6.41. The van der Waals surface area contributed by atoms with Gasteiger partial charge in [-0.15, -0.1) is 39.7 Å². The van der Waals surface area contributed by atoms with Crippen molar-refractivity contribution in [2.45, 2.75) is 108 Å². The second-order valence-electron chi connectivity index (χ2n) is 17.1. The molecule has 6 rings (SSSR count). The Morgan fingerprint density at radius 2 is 0.808 bits per heavy atom. The number of fused-ring (bicyclic) bond motifs is 3. The molecule has 0 amide bonds. The van der Waals surface area contributed by atoms with Crippen molar-refractivity contribution in [3.05, 3.63) is 144 Å². The average molecular weight is 770 g/mol. The molecule has 6 aromatic rings. The summed E-state index contributed by atoms with van der Waals surface area (Å²) < 4.78 is 3.34. The van der Waals surface area contributed by atoms with Crippen molar-refractivity contribution in [1.29, 1.82) is 0 Å². The Balaban J connectivity index is 0.000000527. The largest absolute Gasteiger partial charge is 0.214 e. The van der Waals surface area contributed by atoms with Gasteiger partial charge in [0.2, 0.25) is 0 Å². The number of aryl methyl sites for hydroxylation is 4. The zero-order valence-electron chi connectivity index (χ0n) is 35.0. The molecule has 6 aromatic carbocycles. The molecule has 0 saturated heterocycles. The third-order valence-electron chi connectivity index (χ3n) is 8.22. The van der Waals surface area contributed by atoms with Gasteiger partial charge in [-0.25, -0.2) is 12.1 Å². The van der Waals surface area contributed by atoms with Crippen LogP contribution in [-0.2, 0) is 35.1 Å². The smallest absolute Gasteiger partial charge is 0.172 e. The van der Waals surface area contributed by atoms with Gasteiger partial charge in [-0.3, -0.25) is 0 Å². The van der Waals surface area contributed by atoms with E-state index in [1.807, 2.05) is 30.3 Å². The molecule has 0 N–H and O–H groups in total. The van der Waals surface area contributed by atoms with Crippen LogP contribution >= 0.6 is 0 Å². The summed E-state index contributed by atoms with van der Waals surface area (Å²) in [7, 11) is 0. The topological polar surface area (TPSA) is 0 Å². The fraction of sp³-hybridized carbons (Fsp3) is 0.353. The summed E-state index contributed by atoms with van der Waals surface area (Å²) in [4.78, 5) is 0. The molecule has 0 heterocycles. The van der Waals surface area contributed by atoms with Crippen LogP contribution in [0, 0.1) is 53.4 Å². The predicted octanol–water partition coefficient (Wildman–Crippen LogP) is 15.2. The minimum atomic E-state index is 0.0384. The zero-order chi connectivity index (χ0) is 39.6. The molecule has 278 valence electrons. The Hall–Kier alpha value is -3.15. The molecule has 0 aliphatic carbocycles. The van der Waals surface area contributed by atoms with Crippen LogP contribution in [0.25, 0.3) is 43.8 Å². The molecule has 0 unspecified atom stereocenters. The van der Waals surface area contributed by atoms with Gasteiger partial charge in [0.25, 0.3) is 0 Å². The van der Waals surface area contributed by atoms with E-state index in [0.717, 1.165) is 0 Å². The summed E-state index contributed by atoms with van der Waals surface area (Å²) in [6.45, 7) is 38.3.